The van der Waals surface area contributed by atoms with Crippen LogP contribution in [-0.4, -0.2) is 29.1 Å². The highest BCUT2D eigenvalue weighted by atomic mass is 79.9. The molecular formula is C13H18BrN3O3. The Bertz CT molecular complexity index is 469. The average molecular weight is 344 g/mol. The topological polar surface area (TPSA) is 80.3 Å². The first-order chi connectivity index (χ1) is 9.26. The first kappa shape index (κ1) is 16.4. The summed E-state index contributed by atoms with van der Waals surface area (Å²) >= 11 is 3.21. The number of hydrogen-bond donors (Lipinski definition) is 2. The highest BCUT2D eigenvalue weighted by Gasteiger charge is 2.15. The van der Waals surface area contributed by atoms with E-state index in [4.69, 9.17) is 4.74 Å². The molecule has 1 aromatic rings. The summed E-state index contributed by atoms with van der Waals surface area (Å²) in [6, 6.07) is 3.46. The van der Waals surface area contributed by atoms with Gasteiger partial charge in [-0.2, -0.15) is 0 Å². The zero-order valence-electron chi connectivity index (χ0n) is 11.7. The number of hydrogen-bond acceptors (Lipinski definition) is 4. The van der Waals surface area contributed by atoms with E-state index in [1.54, 1.807) is 39.1 Å². The molecule has 110 valence electrons. The van der Waals surface area contributed by atoms with Gasteiger partial charge in [-0.05, 0) is 48.8 Å². The number of amides is 2. The van der Waals surface area contributed by atoms with E-state index in [1.807, 2.05) is 0 Å². The lowest BCUT2D eigenvalue weighted by Crippen LogP contribution is -2.34. The minimum absolute atomic E-state index is 0.162. The van der Waals surface area contributed by atoms with Crippen LogP contribution >= 0.6 is 15.9 Å². The van der Waals surface area contributed by atoms with Gasteiger partial charge in [0.2, 0.25) is 5.91 Å². The van der Waals surface area contributed by atoms with Crippen molar-refractivity contribution in [2.75, 3.05) is 11.9 Å². The molecule has 20 heavy (non-hydrogen) atoms. The highest BCUT2D eigenvalue weighted by molar-refractivity contribution is 9.10. The molecule has 1 rings (SSSR count). The summed E-state index contributed by atoms with van der Waals surface area (Å²) in [4.78, 5) is 27.0. The van der Waals surface area contributed by atoms with Crippen LogP contribution in [0.15, 0.2) is 22.9 Å². The number of nitrogens with one attached hydrogen (secondary N) is 2. The number of anilines is 1. The van der Waals surface area contributed by atoms with Crippen molar-refractivity contribution in [3.8, 4) is 0 Å². The van der Waals surface area contributed by atoms with Crippen LogP contribution in [0.25, 0.3) is 0 Å². The molecule has 6 nitrogen and oxygen atoms in total. The van der Waals surface area contributed by atoms with Gasteiger partial charge in [0.1, 0.15) is 10.2 Å². The Labute approximate surface area is 126 Å². The Balaban J connectivity index is 2.27. The number of rotatable bonds is 4. The molecule has 7 heteroatoms. The molecule has 2 amide bonds. The summed E-state index contributed by atoms with van der Waals surface area (Å²) in [7, 11) is 0. The predicted molar refractivity (Wildman–Crippen MR) is 79.4 cm³/mol. The van der Waals surface area contributed by atoms with Crippen molar-refractivity contribution in [1.29, 1.82) is 0 Å². The lowest BCUT2D eigenvalue weighted by Gasteiger charge is -2.19. The fraction of sp³-hybridized carbons (Fsp3) is 0.462. The molecule has 0 aliphatic heterocycles. The van der Waals surface area contributed by atoms with Gasteiger partial charge < -0.3 is 15.4 Å². The third-order valence-corrected chi connectivity index (χ3v) is 2.50. The quantitative estimate of drug-likeness (QED) is 0.823. The number of nitrogens with zero attached hydrogens (tertiary/aromatic N) is 1. The van der Waals surface area contributed by atoms with Crippen LogP contribution in [0.1, 0.15) is 27.2 Å². The first-order valence-electron chi connectivity index (χ1n) is 6.14. The number of ether oxygens (including phenoxy) is 1. The molecule has 0 aromatic carbocycles. The molecule has 0 spiro atoms. The van der Waals surface area contributed by atoms with Crippen LogP contribution in [-0.2, 0) is 9.53 Å². The second-order valence-corrected chi connectivity index (χ2v) is 5.91. The molecule has 0 fully saturated rings. The summed E-state index contributed by atoms with van der Waals surface area (Å²) < 4.78 is 5.75. The normalized spacial score (nSPS) is 10.8. The van der Waals surface area contributed by atoms with Gasteiger partial charge in [-0.15, -0.1) is 0 Å². The van der Waals surface area contributed by atoms with E-state index in [9.17, 15) is 9.59 Å². The highest BCUT2D eigenvalue weighted by Crippen LogP contribution is 2.10. The Morgan fingerprint density at radius 3 is 2.60 bits per heavy atom. The molecule has 0 bridgehead atoms. The maximum absolute atomic E-state index is 11.6. The molecule has 0 aliphatic rings. The summed E-state index contributed by atoms with van der Waals surface area (Å²) in [5.41, 5.74) is 0.0607. The van der Waals surface area contributed by atoms with Crippen LogP contribution in [0.4, 0.5) is 10.5 Å². The molecular weight excluding hydrogens is 326 g/mol. The number of pyridine rings is 1. The van der Waals surface area contributed by atoms with E-state index in [-0.39, 0.29) is 18.9 Å². The van der Waals surface area contributed by atoms with Crippen LogP contribution < -0.4 is 10.6 Å². The van der Waals surface area contributed by atoms with Crippen molar-refractivity contribution in [3.63, 3.8) is 0 Å². The molecule has 0 saturated carbocycles. The number of halogens is 1. The monoisotopic (exact) mass is 343 g/mol. The molecule has 0 unspecified atom stereocenters. The number of alkyl carbamates (subject to hydrolysis) is 1. The van der Waals surface area contributed by atoms with E-state index in [2.05, 4.69) is 31.5 Å². The standard InChI is InChI=1S/C13H18BrN3O3/c1-13(2,3)20-12(19)15-7-6-11(18)17-9-4-5-10(14)16-8-9/h4-5,8H,6-7H2,1-3H3,(H,15,19)(H,17,18). The first-order valence-corrected chi connectivity index (χ1v) is 6.94. The molecule has 2 N–H and O–H groups in total. The number of carbonyl (C=O) groups is 2. The SMILES string of the molecule is CC(C)(C)OC(=O)NCCC(=O)Nc1ccc(Br)nc1. The summed E-state index contributed by atoms with van der Waals surface area (Å²) in [6.45, 7) is 5.55. The second-order valence-electron chi connectivity index (χ2n) is 5.10. The van der Waals surface area contributed by atoms with Crippen molar-refractivity contribution >= 4 is 33.6 Å². The fourth-order valence-electron chi connectivity index (χ4n) is 1.27. The van der Waals surface area contributed by atoms with Gasteiger partial charge in [-0.3, -0.25) is 4.79 Å². The third kappa shape index (κ3) is 7.08. The lowest BCUT2D eigenvalue weighted by molar-refractivity contribution is -0.116. The number of carbonyl (C=O) groups excluding carboxylic acids is 2. The summed E-state index contributed by atoms with van der Waals surface area (Å²) in [6.07, 6.45) is 1.18. The molecule has 0 atom stereocenters. The Hall–Kier alpha value is -1.63. The molecule has 0 radical (unpaired) electrons. The van der Waals surface area contributed by atoms with Gasteiger partial charge in [-0.25, -0.2) is 9.78 Å². The van der Waals surface area contributed by atoms with E-state index in [1.165, 1.54) is 0 Å². The van der Waals surface area contributed by atoms with Crippen molar-refractivity contribution < 1.29 is 14.3 Å². The van der Waals surface area contributed by atoms with Crippen molar-refractivity contribution in [1.82, 2.24) is 10.3 Å². The largest absolute Gasteiger partial charge is 0.444 e. The smallest absolute Gasteiger partial charge is 0.407 e. The molecule has 0 saturated heterocycles. The molecule has 1 aromatic heterocycles. The van der Waals surface area contributed by atoms with Gasteiger partial charge in [0.15, 0.2) is 0 Å². The average Bonchev–Trinajstić information content (AvgIpc) is 2.29. The van der Waals surface area contributed by atoms with Crippen LogP contribution in [0.5, 0.6) is 0 Å². The van der Waals surface area contributed by atoms with Crippen LogP contribution in [0, 0.1) is 0 Å². The molecule has 0 aliphatic carbocycles. The summed E-state index contributed by atoms with van der Waals surface area (Å²) in [5, 5.41) is 5.20. The van der Waals surface area contributed by atoms with Gasteiger partial charge in [0.25, 0.3) is 0 Å². The van der Waals surface area contributed by atoms with E-state index < -0.39 is 11.7 Å². The zero-order valence-corrected chi connectivity index (χ0v) is 13.3. The minimum atomic E-state index is -0.546. The lowest BCUT2D eigenvalue weighted by atomic mass is 10.2. The zero-order chi connectivity index (χ0) is 15.2. The maximum atomic E-state index is 11.6. The fourth-order valence-corrected chi connectivity index (χ4v) is 1.50. The third-order valence-electron chi connectivity index (χ3n) is 2.03. The summed E-state index contributed by atoms with van der Waals surface area (Å²) in [5.74, 6) is -0.204. The minimum Gasteiger partial charge on any atom is -0.444 e. The van der Waals surface area contributed by atoms with Gasteiger partial charge in [-0.1, -0.05) is 0 Å². The van der Waals surface area contributed by atoms with E-state index in [0.717, 1.165) is 0 Å². The maximum Gasteiger partial charge on any atom is 0.407 e. The van der Waals surface area contributed by atoms with Gasteiger partial charge in [0, 0.05) is 13.0 Å². The van der Waals surface area contributed by atoms with Gasteiger partial charge in [0.05, 0.1) is 11.9 Å². The van der Waals surface area contributed by atoms with Gasteiger partial charge >= 0.3 is 6.09 Å². The Kier molecular flexibility index (Phi) is 5.94. The van der Waals surface area contributed by atoms with Crippen LogP contribution in [0.2, 0.25) is 0 Å². The predicted octanol–water partition coefficient (Wildman–Crippen LogP) is 2.70. The van der Waals surface area contributed by atoms with Crippen molar-refractivity contribution in [2.24, 2.45) is 0 Å². The van der Waals surface area contributed by atoms with Crippen LogP contribution in [0.3, 0.4) is 0 Å². The second kappa shape index (κ2) is 7.23. The van der Waals surface area contributed by atoms with Crippen molar-refractivity contribution in [2.45, 2.75) is 32.8 Å². The molecule has 1 heterocycles. The van der Waals surface area contributed by atoms with E-state index in [0.29, 0.717) is 10.3 Å². The Morgan fingerprint density at radius 2 is 2.05 bits per heavy atom. The number of aromatic nitrogens is 1. The Morgan fingerprint density at radius 1 is 1.35 bits per heavy atom. The van der Waals surface area contributed by atoms with Crippen molar-refractivity contribution in [3.05, 3.63) is 22.9 Å². The van der Waals surface area contributed by atoms with E-state index >= 15 is 0 Å².